The molecule has 6 nitrogen and oxygen atoms in total. The molecule has 0 atom stereocenters. The van der Waals surface area contributed by atoms with Crippen LogP contribution >= 0.6 is 0 Å². The number of hydrogen-bond donors (Lipinski definition) is 1. The summed E-state index contributed by atoms with van der Waals surface area (Å²) < 4.78 is 4.64. The summed E-state index contributed by atoms with van der Waals surface area (Å²) in [6.07, 6.45) is 2.87. The third-order valence-corrected chi connectivity index (χ3v) is 1.35. The summed E-state index contributed by atoms with van der Waals surface area (Å²) in [4.78, 5) is 18.7. The summed E-state index contributed by atoms with van der Waals surface area (Å²) in [6, 6.07) is 1.59. The van der Waals surface area contributed by atoms with Crippen molar-refractivity contribution in [1.29, 1.82) is 0 Å². The van der Waals surface area contributed by atoms with Crippen LogP contribution in [0.3, 0.4) is 0 Å². The Bertz CT molecular complexity index is 337. The molecule has 0 saturated carbocycles. The van der Waals surface area contributed by atoms with Crippen molar-refractivity contribution in [3.63, 3.8) is 0 Å². The maximum atomic E-state index is 11.2. The molecule has 74 valence electrons. The fourth-order valence-corrected chi connectivity index (χ4v) is 0.798. The number of ether oxygens (including phenoxy) is 1. The molecule has 14 heavy (non-hydrogen) atoms. The number of aromatic nitrogens is 2. The Morgan fingerprint density at radius 3 is 2.71 bits per heavy atom. The van der Waals surface area contributed by atoms with Crippen LogP contribution in [0.4, 0.5) is 0 Å². The van der Waals surface area contributed by atoms with E-state index < -0.39 is 5.97 Å². The van der Waals surface area contributed by atoms with E-state index in [1.165, 1.54) is 12.4 Å². The van der Waals surface area contributed by atoms with Crippen molar-refractivity contribution in [1.82, 2.24) is 9.97 Å². The summed E-state index contributed by atoms with van der Waals surface area (Å²) in [7, 11) is 0. The van der Waals surface area contributed by atoms with Gasteiger partial charge in [0.05, 0.1) is 6.61 Å². The van der Waals surface area contributed by atoms with Gasteiger partial charge in [0, 0.05) is 12.4 Å². The van der Waals surface area contributed by atoms with Gasteiger partial charge in [-0.3, -0.25) is 0 Å². The lowest BCUT2D eigenvalue weighted by Crippen LogP contribution is -2.21. The average molecular weight is 195 g/mol. The van der Waals surface area contributed by atoms with E-state index in [-0.39, 0.29) is 18.1 Å². The fourth-order valence-electron chi connectivity index (χ4n) is 0.798. The Morgan fingerprint density at radius 1 is 1.57 bits per heavy atom. The van der Waals surface area contributed by atoms with E-state index in [2.05, 4.69) is 19.9 Å². The second-order valence-corrected chi connectivity index (χ2v) is 2.24. The van der Waals surface area contributed by atoms with Gasteiger partial charge in [0.15, 0.2) is 5.82 Å². The standard InChI is InChI=1S/C8H9N3O3/c1-2-14-8(12)6(11-13)7-9-4-3-5-10-7/h3-5,13H,2H2,1H3. The van der Waals surface area contributed by atoms with Crippen LogP contribution < -0.4 is 0 Å². The normalized spacial score (nSPS) is 11.1. The lowest BCUT2D eigenvalue weighted by atomic mass is 10.3. The molecule has 0 bridgehead atoms. The number of esters is 1. The SMILES string of the molecule is CCOC(=O)C(=NO)c1ncccn1. The van der Waals surface area contributed by atoms with Gasteiger partial charge in [0.1, 0.15) is 0 Å². The summed E-state index contributed by atoms with van der Waals surface area (Å²) in [5.41, 5.74) is -0.299. The molecule has 0 unspecified atom stereocenters. The first-order valence-corrected chi connectivity index (χ1v) is 3.96. The zero-order valence-corrected chi connectivity index (χ0v) is 7.54. The molecule has 1 aromatic rings. The number of oxime groups is 1. The van der Waals surface area contributed by atoms with Crippen molar-refractivity contribution in [3.05, 3.63) is 24.3 Å². The molecule has 0 aliphatic heterocycles. The lowest BCUT2D eigenvalue weighted by Gasteiger charge is -2.01. The summed E-state index contributed by atoms with van der Waals surface area (Å²) in [6.45, 7) is 1.85. The van der Waals surface area contributed by atoms with Crippen LogP contribution in [-0.2, 0) is 9.53 Å². The Hall–Kier alpha value is -1.98. The minimum Gasteiger partial charge on any atom is -0.461 e. The molecule has 6 heteroatoms. The van der Waals surface area contributed by atoms with Gasteiger partial charge < -0.3 is 9.94 Å². The monoisotopic (exact) mass is 195 g/mol. The maximum Gasteiger partial charge on any atom is 0.364 e. The van der Waals surface area contributed by atoms with Gasteiger partial charge in [-0.25, -0.2) is 14.8 Å². The molecule has 0 aliphatic carbocycles. The molecule has 0 radical (unpaired) electrons. The smallest absolute Gasteiger partial charge is 0.364 e. The Balaban J connectivity index is 2.89. The molecule has 0 saturated heterocycles. The zero-order chi connectivity index (χ0) is 10.4. The summed E-state index contributed by atoms with van der Waals surface area (Å²) in [5, 5.41) is 11.4. The van der Waals surface area contributed by atoms with Gasteiger partial charge in [0.25, 0.3) is 0 Å². The molecule has 1 N–H and O–H groups in total. The third-order valence-electron chi connectivity index (χ3n) is 1.35. The van der Waals surface area contributed by atoms with E-state index >= 15 is 0 Å². The van der Waals surface area contributed by atoms with Crippen LogP contribution in [-0.4, -0.2) is 33.5 Å². The van der Waals surface area contributed by atoms with Gasteiger partial charge in [-0.15, -0.1) is 0 Å². The number of carbonyl (C=O) groups excluding carboxylic acids is 1. The van der Waals surface area contributed by atoms with Crippen molar-refractivity contribution < 1.29 is 14.7 Å². The fraction of sp³-hybridized carbons (Fsp3) is 0.250. The number of rotatable bonds is 3. The van der Waals surface area contributed by atoms with Crippen molar-refractivity contribution in [2.45, 2.75) is 6.92 Å². The average Bonchev–Trinajstić information content (AvgIpc) is 2.21. The van der Waals surface area contributed by atoms with E-state index in [4.69, 9.17) is 5.21 Å². The van der Waals surface area contributed by atoms with Gasteiger partial charge in [0.2, 0.25) is 5.71 Å². The van der Waals surface area contributed by atoms with Crippen LogP contribution in [0, 0.1) is 0 Å². The molecule has 0 aromatic carbocycles. The molecule has 0 fully saturated rings. The second-order valence-electron chi connectivity index (χ2n) is 2.24. The predicted octanol–water partition coefficient (Wildman–Crippen LogP) is 0.218. The lowest BCUT2D eigenvalue weighted by molar-refractivity contribution is -0.135. The Morgan fingerprint density at radius 2 is 2.21 bits per heavy atom. The van der Waals surface area contributed by atoms with Crippen LogP contribution in [0.25, 0.3) is 0 Å². The van der Waals surface area contributed by atoms with Crippen LogP contribution in [0.5, 0.6) is 0 Å². The van der Waals surface area contributed by atoms with E-state index in [1.807, 2.05) is 0 Å². The largest absolute Gasteiger partial charge is 0.461 e. The van der Waals surface area contributed by atoms with E-state index in [9.17, 15) is 4.79 Å². The maximum absolute atomic E-state index is 11.2. The molecule has 0 aliphatic rings. The number of nitrogens with zero attached hydrogens (tertiary/aromatic N) is 3. The minimum absolute atomic E-state index is 0.0356. The third kappa shape index (κ3) is 2.25. The van der Waals surface area contributed by atoms with Gasteiger partial charge >= 0.3 is 5.97 Å². The second kappa shape index (κ2) is 4.90. The van der Waals surface area contributed by atoms with Crippen molar-refractivity contribution in [2.24, 2.45) is 5.16 Å². The molecular weight excluding hydrogens is 186 g/mol. The summed E-state index contributed by atoms with van der Waals surface area (Å²) >= 11 is 0. The van der Waals surface area contributed by atoms with Crippen LogP contribution in [0.2, 0.25) is 0 Å². The highest BCUT2D eigenvalue weighted by Gasteiger charge is 2.18. The van der Waals surface area contributed by atoms with Gasteiger partial charge in [-0.05, 0) is 13.0 Å². The Labute approximate surface area is 80.2 Å². The highest BCUT2D eigenvalue weighted by molar-refractivity contribution is 6.42. The topological polar surface area (TPSA) is 84.7 Å². The first kappa shape index (κ1) is 10.1. The molecule has 0 spiro atoms. The first-order valence-electron chi connectivity index (χ1n) is 3.96. The predicted molar refractivity (Wildman–Crippen MR) is 47.0 cm³/mol. The van der Waals surface area contributed by atoms with Gasteiger partial charge in [-0.2, -0.15) is 0 Å². The number of hydrogen-bond acceptors (Lipinski definition) is 6. The van der Waals surface area contributed by atoms with Gasteiger partial charge in [-0.1, -0.05) is 5.16 Å². The van der Waals surface area contributed by atoms with E-state index in [0.29, 0.717) is 0 Å². The highest BCUT2D eigenvalue weighted by atomic mass is 16.5. The van der Waals surface area contributed by atoms with Crippen molar-refractivity contribution in [3.8, 4) is 0 Å². The van der Waals surface area contributed by atoms with E-state index in [1.54, 1.807) is 13.0 Å². The zero-order valence-electron chi connectivity index (χ0n) is 7.54. The molecule has 1 heterocycles. The van der Waals surface area contributed by atoms with Crippen LogP contribution in [0.1, 0.15) is 12.7 Å². The van der Waals surface area contributed by atoms with E-state index in [0.717, 1.165) is 0 Å². The highest BCUT2D eigenvalue weighted by Crippen LogP contribution is 1.94. The number of carbonyl (C=O) groups is 1. The van der Waals surface area contributed by atoms with Crippen molar-refractivity contribution in [2.75, 3.05) is 6.61 Å². The van der Waals surface area contributed by atoms with Crippen molar-refractivity contribution >= 4 is 11.7 Å². The Kier molecular flexibility index (Phi) is 3.54. The quantitative estimate of drug-likeness (QED) is 0.322. The molecular formula is C8H9N3O3. The molecule has 0 amide bonds. The summed E-state index contributed by atoms with van der Waals surface area (Å²) in [5.74, 6) is -0.713. The molecule has 1 aromatic heterocycles. The van der Waals surface area contributed by atoms with Crippen LogP contribution in [0.15, 0.2) is 23.6 Å². The molecule has 1 rings (SSSR count). The minimum atomic E-state index is -0.749. The first-order chi connectivity index (χ1) is 6.79.